The van der Waals surface area contributed by atoms with Crippen molar-refractivity contribution in [1.82, 2.24) is 10.3 Å². The summed E-state index contributed by atoms with van der Waals surface area (Å²) >= 11 is 0. The second kappa shape index (κ2) is 6.33. The van der Waals surface area contributed by atoms with Crippen molar-refractivity contribution in [2.45, 2.75) is 52.0 Å². The molecule has 2 rings (SSSR count). The van der Waals surface area contributed by atoms with Crippen LogP contribution in [0, 0.1) is 11.8 Å². The Kier molecular flexibility index (Phi) is 4.76. The van der Waals surface area contributed by atoms with Gasteiger partial charge in [-0.2, -0.15) is 0 Å². The first-order valence-electron chi connectivity index (χ1n) is 7.37. The Labute approximate surface area is 111 Å². The van der Waals surface area contributed by atoms with Crippen molar-refractivity contribution in [3.8, 4) is 0 Å². The molecule has 0 amide bonds. The molecule has 1 aromatic heterocycles. The number of aromatic nitrogens is 1. The highest BCUT2D eigenvalue weighted by Crippen LogP contribution is 2.36. The number of rotatable bonds is 4. The number of hydrogen-bond acceptors (Lipinski definition) is 2. The Balaban J connectivity index is 2.17. The molecule has 1 heterocycles. The van der Waals surface area contributed by atoms with Crippen molar-refractivity contribution in [1.29, 1.82) is 0 Å². The predicted molar refractivity (Wildman–Crippen MR) is 76.5 cm³/mol. The zero-order valence-corrected chi connectivity index (χ0v) is 11.9. The van der Waals surface area contributed by atoms with Crippen LogP contribution in [0.15, 0.2) is 18.3 Å². The van der Waals surface area contributed by atoms with Gasteiger partial charge in [0.15, 0.2) is 0 Å². The summed E-state index contributed by atoms with van der Waals surface area (Å²) < 4.78 is 0. The largest absolute Gasteiger partial charge is 0.311 e. The first-order chi connectivity index (χ1) is 8.76. The van der Waals surface area contributed by atoms with Gasteiger partial charge < -0.3 is 5.32 Å². The molecular weight excluding hydrogens is 220 g/mol. The van der Waals surface area contributed by atoms with Gasteiger partial charge in [-0.3, -0.25) is 4.98 Å². The SMILES string of the molecule is CCc1cccnc1C(NC)C1CCC(C)CC1. The van der Waals surface area contributed by atoms with Gasteiger partial charge in [-0.25, -0.2) is 0 Å². The van der Waals surface area contributed by atoms with Gasteiger partial charge in [-0.05, 0) is 49.8 Å². The molecular formula is C16H26N2. The molecule has 1 aliphatic rings. The Morgan fingerprint density at radius 3 is 2.67 bits per heavy atom. The molecule has 1 fully saturated rings. The fourth-order valence-corrected chi connectivity index (χ4v) is 3.24. The first-order valence-corrected chi connectivity index (χ1v) is 7.37. The molecule has 1 atom stereocenters. The van der Waals surface area contributed by atoms with Gasteiger partial charge >= 0.3 is 0 Å². The lowest BCUT2D eigenvalue weighted by Crippen LogP contribution is -2.30. The molecule has 2 heteroatoms. The van der Waals surface area contributed by atoms with Crippen LogP contribution in [-0.2, 0) is 6.42 Å². The van der Waals surface area contributed by atoms with E-state index in [1.165, 1.54) is 36.9 Å². The van der Waals surface area contributed by atoms with Crippen LogP contribution in [0.4, 0.5) is 0 Å². The van der Waals surface area contributed by atoms with Crippen molar-refractivity contribution in [2.75, 3.05) is 7.05 Å². The lowest BCUT2D eigenvalue weighted by atomic mass is 9.77. The Morgan fingerprint density at radius 2 is 2.06 bits per heavy atom. The number of hydrogen-bond donors (Lipinski definition) is 1. The molecule has 0 bridgehead atoms. The fraction of sp³-hybridized carbons (Fsp3) is 0.688. The molecule has 0 radical (unpaired) electrons. The highest BCUT2D eigenvalue weighted by Gasteiger charge is 2.28. The predicted octanol–water partition coefficient (Wildman–Crippen LogP) is 3.73. The molecule has 1 aromatic rings. The zero-order valence-electron chi connectivity index (χ0n) is 11.9. The molecule has 1 N–H and O–H groups in total. The summed E-state index contributed by atoms with van der Waals surface area (Å²) in [4.78, 5) is 4.65. The molecule has 18 heavy (non-hydrogen) atoms. The average Bonchev–Trinajstić information content (AvgIpc) is 2.42. The van der Waals surface area contributed by atoms with Crippen LogP contribution in [-0.4, -0.2) is 12.0 Å². The fourth-order valence-electron chi connectivity index (χ4n) is 3.24. The van der Waals surface area contributed by atoms with Crippen LogP contribution < -0.4 is 5.32 Å². The van der Waals surface area contributed by atoms with Gasteiger partial charge in [0.25, 0.3) is 0 Å². The van der Waals surface area contributed by atoms with E-state index in [0.29, 0.717) is 6.04 Å². The quantitative estimate of drug-likeness (QED) is 0.875. The molecule has 0 spiro atoms. The Hall–Kier alpha value is -0.890. The van der Waals surface area contributed by atoms with E-state index in [1.54, 1.807) is 0 Å². The van der Waals surface area contributed by atoms with E-state index in [2.05, 4.69) is 43.3 Å². The highest BCUT2D eigenvalue weighted by molar-refractivity contribution is 5.23. The number of pyridine rings is 1. The summed E-state index contributed by atoms with van der Waals surface area (Å²) in [6.45, 7) is 4.60. The molecule has 1 unspecified atom stereocenters. The van der Waals surface area contributed by atoms with Crippen LogP contribution in [0.3, 0.4) is 0 Å². The van der Waals surface area contributed by atoms with E-state index in [-0.39, 0.29) is 0 Å². The summed E-state index contributed by atoms with van der Waals surface area (Å²) in [6, 6.07) is 4.71. The van der Waals surface area contributed by atoms with Crippen molar-refractivity contribution in [3.05, 3.63) is 29.6 Å². The standard InChI is InChI=1S/C16H26N2/c1-4-13-6-5-11-18-16(13)15(17-3)14-9-7-12(2)8-10-14/h5-6,11-12,14-15,17H,4,7-10H2,1-3H3. The molecule has 2 nitrogen and oxygen atoms in total. The van der Waals surface area contributed by atoms with Crippen LogP contribution in [0.2, 0.25) is 0 Å². The van der Waals surface area contributed by atoms with Gasteiger partial charge in [0.05, 0.1) is 11.7 Å². The van der Waals surface area contributed by atoms with Gasteiger partial charge in [-0.15, -0.1) is 0 Å². The van der Waals surface area contributed by atoms with Crippen molar-refractivity contribution >= 4 is 0 Å². The van der Waals surface area contributed by atoms with E-state index >= 15 is 0 Å². The number of aryl methyl sites for hydroxylation is 1. The lowest BCUT2D eigenvalue weighted by Gasteiger charge is -2.33. The number of nitrogens with one attached hydrogen (secondary N) is 1. The topological polar surface area (TPSA) is 24.9 Å². The third-order valence-electron chi connectivity index (χ3n) is 4.44. The highest BCUT2D eigenvalue weighted by atomic mass is 14.9. The summed E-state index contributed by atoms with van der Waals surface area (Å²) in [7, 11) is 2.08. The normalized spacial score (nSPS) is 25.9. The van der Waals surface area contributed by atoms with E-state index in [1.807, 2.05) is 6.20 Å². The third kappa shape index (κ3) is 2.92. The average molecular weight is 246 g/mol. The Morgan fingerprint density at radius 1 is 1.33 bits per heavy atom. The van der Waals surface area contributed by atoms with E-state index in [4.69, 9.17) is 0 Å². The molecule has 1 aliphatic carbocycles. The van der Waals surface area contributed by atoms with Crippen molar-refractivity contribution in [3.63, 3.8) is 0 Å². The van der Waals surface area contributed by atoms with Crippen molar-refractivity contribution in [2.24, 2.45) is 11.8 Å². The van der Waals surface area contributed by atoms with Gasteiger partial charge in [0.2, 0.25) is 0 Å². The van der Waals surface area contributed by atoms with Gasteiger partial charge in [0.1, 0.15) is 0 Å². The Bertz CT molecular complexity index is 367. The minimum Gasteiger partial charge on any atom is -0.311 e. The minimum absolute atomic E-state index is 0.439. The van der Waals surface area contributed by atoms with E-state index in [0.717, 1.165) is 18.3 Å². The van der Waals surface area contributed by atoms with E-state index in [9.17, 15) is 0 Å². The van der Waals surface area contributed by atoms with Gasteiger partial charge in [-0.1, -0.05) is 32.8 Å². The van der Waals surface area contributed by atoms with Crippen LogP contribution in [0.25, 0.3) is 0 Å². The maximum atomic E-state index is 4.65. The summed E-state index contributed by atoms with van der Waals surface area (Å²) in [5.74, 6) is 1.67. The monoisotopic (exact) mass is 246 g/mol. The lowest BCUT2D eigenvalue weighted by molar-refractivity contribution is 0.234. The summed E-state index contributed by atoms with van der Waals surface area (Å²) in [5.41, 5.74) is 2.68. The second-order valence-electron chi connectivity index (χ2n) is 5.69. The molecule has 0 aromatic carbocycles. The summed E-state index contributed by atoms with van der Waals surface area (Å²) in [5, 5.41) is 3.52. The van der Waals surface area contributed by atoms with Crippen LogP contribution in [0.1, 0.15) is 56.8 Å². The maximum Gasteiger partial charge on any atom is 0.0607 e. The minimum atomic E-state index is 0.439. The second-order valence-corrected chi connectivity index (χ2v) is 5.69. The molecule has 100 valence electrons. The molecule has 0 aliphatic heterocycles. The molecule has 1 saturated carbocycles. The van der Waals surface area contributed by atoms with Crippen LogP contribution in [0.5, 0.6) is 0 Å². The van der Waals surface area contributed by atoms with Crippen LogP contribution >= 0.6 is 0 Å². The molecule has 0 saturated heterocycles. The van der Waals surface area contributed by atoms with Gasteiger partial charge in [0, 0.05) is 6.20 Å². The van der Waals surface area contributed by atoms with Crippen molar-refractivity contribution < 1.29 is 0 Å². The number of nitrogens with zero attached hydrogens (tertiary/aromatic N) is 1. The maximum absolute atomic E-state index is 4.65. The third-order valence-corrected chi connectivity index (χ3v) is 4.44. The van der Waals surface area contributed by atoms with E-state index < -0.39 is 0 Å². The first kappa shape index (κ1) is 13.5. The summed E-state index contributed by atoms with van der Waals surface area (Å²) in [6.07, 6.45) is 8.43. The smallest absolute Gasteiger partial charge is 0.0607 e. The zero-order chi connectivity index (χ0) is 13.0.